The summed E-state index contributed by atoms with van der Waals surface area (Å²) in [6.07, 6.45) is 0.529. The van der Waals surface area contributed by atoms with E-state index in [-0.39, 0.29) is 23.2 Å². The first-order valence-corrected chi connectivity index (χ1v) is 10.0. The molecule has 0 bridgehead atoms. The van der Waals surface area contributed by atoms with E-state index in [9.17, 15) is 13.2 Å². The minimum Gasteiger partial charge on any atom is -0.495 e. The van der Waals surface area contributed by atoms with Gasteiger partial charge in [-0.15, -0.1) is 10.2 Å². The summed E-state index contributed by atoms with van der Waals surface area (Å²) in [5.41, 5.74) is 0.529. The number of ether oxygens (including phenoxy) is 1. The third kappa shape index (κ3) is 4.41. The molecule has 1 aliphatic rings. The van der Waals surface area contributed by atoms with E-state index in [2.05, 4.69) is 20.8 Å². The van der Waals surface area contributed by atoms with Crippen LogP contribution in [0.5, 0.6) is 5.75 Å². The summed E-state index contributed by atoms with van der Waals surface area (Å²) >= 11 is 5.94. The van der Waals surface area contributed by atoms with Gasteiger partial charge in [-0.25, -0.2) is 8.42 Å². The predicted molar refractivity (Wildman–Crippen MR) is 98.7 cm³/mol. The molecule has 1 saturated heterocycles. The van der Waals surface area contributed by atoms with Crippen LogP contribution in [0.3, 0.4) is 0 Å². The summed E-state index contributed by atoms with van der Waals surface area (Å²) in [6.45, 7) is 0. The first-order valence-electron chi connectivity index (χ1n) is 7.82. The molecule has 2 aromatic rings. The van der Waals surface area contributed by atoms with Crippen molar-refractivity contribution in [2.45, 2.75) is 12.5 Å². The van der Waals surface area contributed by atoms with E-state index in [0.717, 1.165) is 0 Å². The van der Waals surface area contributed by atoms with Crippen LogP contribution in [0.2, 0.25) is 5.02 Å². The maximum atomic E-state index is 12.3. The molecule has 2 N–H and O–H groups in total. The third-order valence-corrected chi connectivity index (χ3v) is 5.89. The largest absolute Gasteiger partial charge is 0.495 e. The highest BCUT2D eigenvalue weighted by Gasteiger charge is 2.28. The number of benzene rings is 1. The Balaban J connectivity index is 1.67. The van der Waals surface area contributed by atoms with Crippen LogP contribution in [0.25, 0.3) is 0 Å². The molecular weight excluding hydrogens is 380 g/mol. The topological polar surface area (TPSA) is 110 Å². The maximum Gasteiger partial charge on any atom is 0.276 e. The molecule has 0 aliphatic carbocycles. The Bertz CT molecular complexity index is 918. The molecule has 0 saturated carbocycles. The Kier molecular flexibility index (Phi) is 5.28. The zero-order chi connectivity index (χ0) is 18.7. The molecule has 1 aliphatic heterocycles. The lowest BCUT2D eigenvalue weighted by Gasteiger charge is -2.12. The summed E-state index contributed by atoms with van der Waals surface area (Å²) in [6, 6.07) is 7.77. The number of nitrogens with one attached hydrogen (secondary N) is 2. The fourth-order valence-electron chi connectivity index (χ4n) is 2.61. The van der Waals surface area contributed by atoms with Gasteiger partial charge in [-0.1, -0.05) is 11.6 Å². The van der Waals surface area contributed by atoms with Gasteiger partial charge in [-0.3, -0.25) is 4.79 Å². The molecule has 1 atom stereocenters. The quantitative estimate of drug-likeness (QED) is 0.795. The zero-order valence-electron chi connectivity index (χ0n) is 13.9. The zero-order valence-corrected chi connectivity index (χ0v) is 15.5. The highest BCUT2D eigenvalue weighted by atomic mass is 35.5. The van der Waals surface area contributed by atoms with Crippen molar-refractivity contribution < 1.29 is 17.9 Å². The van der Waals surface area contributed by atoms with Gasteiger partial charge >= 0.3 is 0 Å². The molecule has 138 valence electrons. The lowest BCUT2D eigenvalue weighted by molar-refractivity contribution is 0.102. The van der Waals surface area contributed by atoms with Crippen LogP contribution in [0, 0.1) is 0 Å². The first kappa shape index (κ1) is 18.4. The van der Waals surface area contributed by atoms with Crippen molar-refractivity contribution >= 4 is 38.9 Å². The predicted octanol–water partition coefficient (Wildman–Crippen LogP) is 1.99. The second-order valence-electron chi connectivity index (χ2n) is 5.85. The van der Waals surface area contributed by atoms with Gasteiger partial charge in [-0.2, -0.15) is 0 Å². The average molecular weight is 397 g/mol. The summed E-state index contributed by atoms with van der Waals surface area (Å²) in [7, 11) is -1.49. The van der Waals surface area contributed by atoms with Crippen LogP contribution in [0.4, 0.5) is 11.5 Å². The number of carbonyl (C=O) groups excluding carboxylic acids is 1. The molecule has 1 unspecified atom stereocenters. The van der Waals surface area contributed by atoms with Crippen molar-refractivity contribution in [3.63, 3.8) is 0 Å². The van der Waals surface area contributed by atoms with E-state index in [1.807, 2.05) is 0 Å². The molecule has 0 spiro atoms. The number of hydrogen-bond acceptors (Lipinski definition) is 7. The van der Waals surface area contributed by atoms with Gasteiger partial charge in [0, 0.05) is 11.1 Å². The molecule has 8 nitrogen and oxygen atoms in total. The summed E-state index contributed by atoms with van der Waals surface area (Å²) < 4.78 is 28.1. The molecule has 1 fully saturated rings. The van der Waals surface area contributed by atoms with Crippen LogP contribution in [-0.4, -0.2) is 49.2 Å². The summed E-state index contributed by atoms with van der Waals surface area (Å²) in [5, 5.41) is 14.0. The Labute approximate surface area is 155 Å². The van der Waals surface area contributed by atoms with Crippen LogP contribution in [0.15, 0.2) is 30.3 Å². The number of sulfone groups is 1. The lowest BCUT2D eigenvalue weighted by Crippen LogP contribution is -2.22. The van der Waals surface area contributed by atoms with Gasteiger partial charge in [0.05, 0.1) is 24.3 Å². The van der Waals surface area contributed by atoms with Gasteiger partial charge < -0.3 is 15.4 Å². The molecule has 1 aromatic carbocycles. The fraction of sp³-hybridized carbons (Fsp3) is 0.312. The molecule has 26 heavy (non-hydrogen) atoms. The fourth-order valence-corrected chi connectivity index (χ4v) is 4.46. The maximum absolute atomic E-state index is 12.3. The van der Waals surface area contributed by atoms with E-state index in [4.69, 9.17) is 16.3 Å². The van der Waals surface area contributed by atoms with E-state index < -0.39 is 15.7 Å². The monoisotopic (exact) mass is 396 g/mol. The summed E-state index contributed by atoms with van der Waals surface area (Å²) in [5.74, 6) is 0.666. The number of amides is 1. The number of rotatable bonds is 5. The van der Waals surface area contributed by atoms with Gasteiger partial charge in [0.2, 0.25) is 0 Å². The smallest absolute Gasteiger partial charge is 0.276 e. The van der Waals surface area contributed by atoms with Crippen LogP contribution < -0.4 is 15.4 Å². The molecule has 2 heterocycles. The Hall–Kier alpha value is -2.39. The standard InChI is InChI=1S/C16H17ClN4O4S/c1-25-14-4-2-10(17)8-13(14)19-16(22)12-3-5-15(21-20-12)18-11-6-7-26(23,24)9-11/h2-5,8,11H,6-7,9H2,1H3,(H,18,21)(H,19,22). The van der Waals surface area contributed by atoms with Crippen molar-refractivity contribution in [3.8, 4) is 5.75 Å². The number of aromatic nitrogens is 2. The van der Waals surface area contributed by atoms with Crippen LogP contribution >= 0.6 is 11.6 Å². The summed E-state index contributed by atoms with van der Waals surface area (Å²) in [4.78, 5) is 12.3. The second kappa shape index (κ2) is 7.46. The number of carbonyl (C=O) groups is 1. The van der Waals surface area contributed by atoms with E-state index in [1.54, 1.807) is 24.3 Å². The molecule has 0 radical (unpaired) electrons. The van der Waals surface area contributed by atoms with Gasteiger partial charge in [0.25, 0.3) is 5.91 Å². The normalized spacial score (nSPS) is 18.3. The Morgan fingerprint density at radius 1 is 1.27 bits per heavy atom. The highest BCUT2D eigenvalue weighted by Crippen LogP contribution is 2.28. The lowest BCUT2D eigenvalue weighted by atomic mass is 10.2. The minimum atomic E-state index is -2.98. The average Bonchev–Trinajstić information content (AvgIpc) is 2.94. The first-order chi connectivity index (χ1) is 12.4. The number of nitrogens with zero attached hydrogens (tertiary/aromatic N) is 2. The van der Waals surface area contributed by atoms with Crippen LogP contribution in [-0.2, 0) is 9.84 Å². The molecule has 1 aromatic heterocycles. The van der Waals surface area contributed by atoms with E-state index in [0.29, 0.717) is 28.7 Å². The van der Waals surface area contributed by atoms with Gasteiger partial charge in [0.15, 0.2) is 15.5 Å². The number of halogens is 1. The van der Waals surface area contributed by atoms with Gasteiger partial charge in [-0.05, 0) is 36.8 Å². The molecule has 1 amide bonds. The van der Waals surface area contributed by atoms with Crippen molar-refractivity contribution in [2.24, 2.45) is 0 Å². The van der Waals surface area contributed by atoms with Crippen molar-refractivity contribution in [2.75, 3.05) is 29.2 Å². The number of anilines is 2. The second-order valence-corrected chi connectivity index (χ2v) is 8.51. The van der Waals surface area contributed by atoms with Crippen LogP contribution in [0.1, 0.15) is 16.9 Å². The molecular formula is C16H17ClN4O4S. The third-order valence-electron chi connectivity index (χ3n) is 3.89. The minimum absolute atomic E-state index is 0.0749. The SMILES string of the molecule is COc1ccc(Cl)cc1NC(=O)c1ccc(NC2CCS(=O)(=O)C2)nn1. The molecule has 3 rings (SSSR count). The van der Waals surface area contributed by atoms with Crippen molar-refractivity contribution in [1.82, 2.24) is 10.2 Å². The van der Waals surface area contributed by atoms with E-state index >= 15 is 0 Å². The van der Waals surface area contributed by atoms with Crippen molar-refractivity contribution in [1.29, 1.82) is 0 Å². The van der Waals surface area contributed by atoms with Crippen molar-refractivity contribution in [3.05, 3.63) is 41.0 Å². The Morgan fingerprint density at radius 3 is 2.69 bits per heavy atom. The number of hydrogen-bond donors (Lipinski definition) is 2. The molecule has 10 heteroatoms. The number of methoxy groups -OCH3 is 1. The Morgan fingerprint density at radius 2 is 2.08 bits per heavy atom. The highest BCUT2D eigenvalue weighted by molar-refractivity contribution is 7.91. The van der Waals surface area contributed by atoms with Gasteiger partial charge in [0.1, 0.15) is 11.6 Å². The van der Waals surface area contributed by atoms with E-state index in [1.165, 1.54) is 13.2 Å².